The molecule has 0 heterocycles. The summed E-state index contributed by atoms with van der Waals surface area (Å²) in [5.41, 5.74) is 0. The number of hydrogen-bond donors (Lipinski definition) is 0. The number of benzene rings is 3. The van der Waals surface area contributed by atoms with Gasteiger partial charge >= 0.3 is 0 Å². The van der Waals surface area contributed by atoms with Gasteiger partial charge in [-0.05, 0) is 56.7 Å². The van der Waals surface area contributed by atoms with Crippen molar-refractivity contribution in [2.75, 3.05) is 6.16 Å². The molecule has 0 fully saturated rings. The number of halogens is 1. The highest BCUT2D eigenvalue weighted by Crippen LogP contribution is 2.56. The smallest absolute Gasteiger partial charge is 0.0858 e. The van der Waals surface area contributed by atoms with Gasteiger partial charge in [0.15, 0.2) is 0 Å². The summed E-state index contributed by atoms with van der Waals surface area (Å²) in [5, 5.41) is 4.39. The molecular formula is C23H25BrP+. The molecular weight excluding hydrogens is 387 g/mol. The zero-order valence-corrected chi connectivity index (χ0v) is 17.4. The van der Waals surface area contributed by atoms with Crippen LogP contribution in [0.1, 0.15) is 20.3 Å². The predicted octanol–water partition coefficient (Wildman–Crippen LogP) is 5.54. The van der Waals surface area contributed by atoms with Crippen molar-refractivity contribution in [1.82, 2.24) is 0 Å². The van der Waals surface area contributed by atoms with E-state index in [0.717, 1.165) is 12.6 Å². The quantitative estimate of drug-likeness (QED) is 0.368. The normalized spacial score (nSPS) is 12.1. The first-order valence-electron chi connectivity index (χ1n) is 8.76. The standard InChI is InChI=1S/C23H25BrP/c1-23(2,24)18-19-25(20-12-6-3-7-13-20,21-14-8-4-9-15-21)22-16-10-5-11-17-22/h3-17H,18-19H2,1-2H3/q+1. The van der Waals surface area contributed by atoms with E-state index < -0.39 is 7.26 Å². The molecule has 0 spiro atoms. The third-order valence-electron chi connectivity index (χ3n) is 4.63. The molecule has 3 aromatic rings. The summed E-state index contributed by atoms with van der Waals surface area (Å²) in [6, 6.07) is 33.3. The molecule has 128 valence electrons. The van der Waals surface area contributed by atoms with Crippen LogP contribution in [0.15, 0.2) is 91.0 Å². The molecule has 0 unspecified atom stereocenters. The van der Waals surface area contributed by atoms with Gasteiger partial charge in [0.1, 0.15) is 23.2 Å². The molecule has 0 bridgehead atoms. The lowest BCUT2D eigenvalue weighted by atomic mass is 10.2. The van der Waals surface area contributed by atoms with Gasteiger partial charge in [0.25, 0.3) is 0 Å². The fourth-order valence-corrected chi connectivity index (χ4v) is 8.43. The summed E-state index contributed by atoms with van der Waals surface area (Å²) in [5.74, 6) is 0. The monoisotopic (exact) mass is 411 g/mol. The Bertz CT molecular complexity index is 680. The Labute approximate surface area is 160 Å². The van der Waals surface area contributed by atoms with Crippen LogP contribution in [0.4, 0.5) is 0 Å². The van der Waals surface area contributed by atoms with E-state index in [2.05, 4.69) is 121 Å². The first-order chi connectivity index (χ1) is 12.0. The van der Waals surface area contributed by atoms with Crippen molar-refractivity contribution in [2.24, 2.45) is 0 Å². The molecule has 0 saturated heterocycles. The molecule has 0 atom stereocenters. The number of hydrogen-bond acceptors (Lipinski definition) is 0. The summed E-state index contributed by atoms with van der Waals surface area (Å²) in [6.45, 7) is 4.53. The van der Waals surface area contributed by atoms with E-state index in [0.29, 0.717) is 0 Å². The summed E-state index contributed by atoms with van der Waals surface area (Å²) in [6.07, 6.45) is 2.28. The minimum Gasteiger partial charge on any atom is -0.0858 e. The van der Waals surface area contributed by atoms with E-state index in [1.165, 1.54) is 15.9 Å². The lowest BCUT2D eigenvalue weighted by Crippen LogP contribution is -2.34. The van der Waals surface area contributed by atoms with Crippen molar-refractivity contribution >= 4 is 39.1 Å². The van der Waals surface area contributed by atoms with Crippen LogP contribution in [-0.4, -0.2) is 10.5 Å². The summed E-state index contributed by atoms with van der Waals surface area (Å²) >= 11 is 3.87. The van der Waals surface area contributed by atoms with Crippen LogP contribution in [0.5, 0.6) is 0 Å². The zero-order chi connectivity index (χ0) is 17.8. The average molecular weight is 412 g/mol. The Morgan fingerprint density at radius 2 is 0.960 bits per heavy atom. The Morgan fingerprint density at radius 1 is 0.640 bits per heavy atom. The van der Waals surface area contributed by atoms with Gasteiger partial charge in [-0.25, -0.2) is 0 Å². The topological polar surface area (TPSA) is 0 Å². The Hall–Kier alpha value is -1.43. The molecule has 2 heteroatoms. The van der Waals surface area contributed by atoms with Crippen LogP contribution < -0.4 is 15.9 Å². The first kappa shape index (κ1) is 18.4. The third kappa shape index (κ3) is 4.22. The van der Waals surface area contributed by atoms with Gasteiger partial charge in [0.05, 0.1) is 6.16 Å². The van der Waals surface area contributed by atoms with Crippen molar-refractivity contribution in [3.8, 4) is 0 Å². The van der Waals surface area contributed by atoms with Crippen molar-refractivity contribution < 1.29 is 0 Å². The Balaban J connectivity index is 2.24. The van der Waals surface area contributed by atoms with Crippen LogP contribution >= 0.6 is 23.2 Å². The van der Waals surface area contributed by atoms with Crippen LogP contribution in [0.25, 0.3) is 0 Å². The average Bonchev–Trinajstić information content (AvgIpc) is 2.64. The predicted molar refractivity (Wildman–Crippen MR) is 118 cm³/mol. The second-order valence-electron chi connectivity index (χ2n) is 7.01. The van der Waals surface area contributed by atoms with Crippen molar-refractivity contribution in [3.05, 3.63) is 91.0 Å². The van der Waals surface area contributed by atoms with Gasteiger partial charge in [-0.2, -0.15) is 0 Å². The highest BCUT2D eigenvalue weighted by atomic mass is 79.9. The Morgan fingerprint density at radius 3 is 1.24 bits per heavy atom. The molecule has 0 aromatic heterocycles. The first-order valence-corrected chi connectivity index (χ1v) is 11.5. The lowest BCUT2D eigenvalue weighted by Gasteiger charge is -2.29. The molecule has 0 nitrogen and oxygen atoms in total. The van der Waals surface area contributed by atoms with Gasteiger partial charge < -0.3 is 0 Å². The molecule has 0 amide bonds. The van der Waals surface area contributed by atoms with Gasteiger partial charge in [-0.1, -0.05) is 70.5 Å². The SMILES string of the molecule is CC(C)(Br)CC[P+](c1ccccc1)(c1ccccc1)c1ccccc1. The number of alkyl halides is 1. The van der Waals surface area contributed by atoms with Crippen LogP contribution in [0.3, 0.4) is 0 Å². The van der Waals surface area contributed by atoms with Gasteiger partial charge in [-0.3, -0.25) is 0 Å². The van der Waals surface area contributed by atoms with E-state index in [1.807, 2.05) is 0 Å². The third-order valence-corrected chi connectivity index (χ3v) is 9.46. The van der Waals surface area contributed by atoms with Crippen LogP contribution in [0, 0.1) is 0 Å². The number of rotatable bonds is 6. The largest absolute Gasteiger partial charge is 0.112 e. The Kier molecular flexibility index (Phi) is 5.77. The van der Waals surface area contributed by atoms with E-state index in [1.54, 1.807) is 0 Å². The maximum Gasteiger partial charge on any atom is 0.112 e. The summed E-state index contributed by atoms with van der Waals surface area (Å²) < 4.78 is 0.136. The molecule has 3 aromatic carbocycles. The van der Waals surface area contributed by atoms with E-state index in [9.17, 15) is 0 Å². The zero-order valence-electron chi connectivity index (χ0n) is 14.9. The summed E-state index contributed by atoms with van der Waals surface area (Å²) in [4.78, 5) is 0. The molecule has 0 aliphatic heterocycles. The second-order valence-corrected chi connectivity index (χ2v) is 12.8. The van der Waals surface area contributed by atoms with Crippen molar-refractivity contribution in [1.29, 1.82) is 0 Å². The fourth-order valence-electron chi connectivity index (χ4n) is 3.32. The lowest BCUT2D eigenvalue weighted by molar-refractivity contribution is 0.705. The highest BCUT2D eigenvalue weighted by Gasteiger charge is 2.45. The molecule has 0 saturated carbocycles. The molecule has 0 aliphatic rings. The molecule has 0 N–H and O–H groups in total. The maximum absolute atomic E-state index is 3.87. The molecule has 25 heavy (non-hydrogen) atoms. The van der Waals surface area contributed by atoms with Gasteiger partial charge in [0, 0.05) is 4.32 Å². The summed E-state index contributed by atoms with van der Waals surface area (Å²) in [7, 11) is -1.68. The molecule has 3 rings (SSSR count). The molecule has 0 radical (unpaired) electrons. The van der Waals surface area contributed by atoms with Crippen molar-refractivity contribution in [3.63, 3.8) is 0 Å². The van der Waals surface area contributed by atoms with Crippen molar-refractivity contribution in [2.45, 2.75) is 24.6 Å². The van der Waals surface area contributed by atoms with Crippen LogP contribution in [-0.2, 0) is 0 Å². The van der Waals surface area contributed by atoms with E-state index >= 15 is 0 Å². The minimum atomic E-state index is -1.68. The fraction of sp³-hybridized carbons (Fsp3) is 0.217. The van der Waals surface area contributed by atoms with Gasteiger partial charge in [0.2, 0.25) is 0 Å². The van der Waals surface area contributed by atoms with E-state index in [-0.39, 0.29) is 4.32 Å². The van der Waals surface area contributed by atoms with Gasteiger partial charge in [-0.15, -0.1) is 0 Å². The molecule has 0 aliphatic carbocycles. The minimum absolute atomic E-state index is 0.136. The second kappa shape index (κ2) is 7.85. The van der Waals surface area contributed by atoms with E-state index in [4.69, 9.17) is 0 Å². The highest BCUT2D eigenvalue weighted by molar-refractivity contribution is 9.10. The van der Waals surface area contributed by atoms with Crippen LogP contribution in [0.2, 0.25) is 0 Å². The maximum atomic E-state index is 3.87.